The monoisotopic (exact) mass is 381 g/mol. The van der Waals surface area contributed by atoms with E-state index in [0.29, 0.717) is 36.5 Å². The van der Waals surface area contributed by atoms with Gasteiger partial charge in [0.1, 0.15) is 5.82 Å². The molecule has 0 aliphatic carbocycles. The number of carbonyl (C=O) groups excluding carboxylic acids is 1. The molecule has 1 amide bonds. The van der Waals surface area contributed by atoms with E-state index in [9.17, 15) is 9.18 Å². The first-order valence-corrected chi connectivity index (χ1v) is 9.52. The molecule has 28 heavy (non-hydrogen) atoms. The van der Waals surface area contributed by atoms with Gasteiger partial charge in [-0.1, -0.05) is 35.5 Å². The van der Waals surface area contributed by atoms with E-state index in [2.05, 4.69) is 27.6 Å². The average molecular weight is 381 g/mol. The molecule has 1 N–H and O–H groups in total. The van der Waals surface area contributed by atoms with Gasteiger partial charge in [0.15, 0.2) is 0 Å². The summed E-state index contributed by atoms with van der Waals surface area (Å²) in [6, 6.07) is 16.3. The maximum Gasteiger partial charge on any atom is 0.226 e. The number of hydrogen-bond acceptors (Lipinski definition) is 4. The standard InChI is InChI=1S/C22H24FN3O2/c1-16(10-11-17-6-3-2-4-7-17)24-20(27)8-5-9-21-25-22(26-28-21)18-12-14-19(23)15-13-18/h2-4,6-7,12-16H,5,8-11H2,1H3,(H,24,27). The van der Waals surface area contributed by atoms with Crippen LogP contribution in [-0.4, -0.2) is 22.1 Å². The minimum absolute atomic E-state index is 0.0267. The smallest absolute Gasteiger partial charge is 0.226 e. The van der Waals surface area contributed by atoms with Crippen molar-refractivity contribution in [3.05, 3.63) is 71.9 Å². The quantitative estimate of drug-likeness (QED) is 0.599. The molecule has 0 aliphatic rings. The number of amides is 1. The van der Waals surface area contributed by atoms with Gasteiger partial charge in [-0.2, -0.15) is 4.98 Å². The van der Waals surface area contributed by atoms with Gasteiger partial charge in [-0.25, -0.2) is 4.39 Å². The van der Waals surface area contributed by atoms with Crippen molar-refractivity contribution in [2.45, 2.75) is 45.1 Å². The van der Waals surface area contributed by atoms with Crippen LogP contribution in [0.15, 0.2) is 59.1 Å². The predicted octanol–water partition coefficient (Wildman–Crippen LogP) is 4.34. The molecule has 6 heteroatoms. The van der Waals surface area contributed by atoms with E-state index in [1.54, 1.807) is 12.1 Å². The highest BCUT2D eigenvalue weighted by atomic mass is 19.1. The minimum atomic E-state index is -0.309. The Balaban J connectivity index is 1.37. The molecule has 1 unspecified atom stereocenters. The lowest BCUT2D eigenvalue weighted by Crippen LogP contribution is -2.32. The van der Waals surface area contributed by atoms with E-state index in [4.69, 9.17) is 4.52 Å². The molecule has 0 spiro atoms. The first kappa shape index (κ1) is 19.7. The van der Waals surface area contributed by atoms with Crippen molar-refractivity contribution < 1.29 is 13.7 Å². The Labute approximate surface area is 164 Å². The lowest BCUT2D eigenvalue weighted by atomic mass is 10.1. The molecule has 5 nitrogen and oxygen atoms in total. The Morgan fingerprint density at radius 2 is 1.86 bits per heavy atom. The molecule has 1 aromatic heterocycles. The van der Waals surface area contributed by atoms with Crippen LogP contribution in [0.1, 0.15) is 37.6 Å². The highest BCUT2D eigenvalue weighted by Gasteiger charge is 2.11. The molecule has 146 valence electrons. The largest absolute Gasteiger partial charge is 0.354 e. The van der Waals surface area contributed by atoms with Crippen LogP contribution >= 0.6 is 0 Å². The van der Waals surface area contributed by atoms with E-state index in [1.807, 2.05) is 25.1 Å². The second-order valence-corrected chi connectivity index (χ2v) is 6.87. The van der Waals surface area contributed by atoms with Gasteiger partial charge in [-0.3, -0.25) is 4.79 Å². The number of carbonyl (C=O) groups is 1. The zero-order valence-electron chi connectivity index (χ0n) is 15.9. The number of nitrogens with zero attached hydrogens (tertiary/aromatic N) is 2. The first-order valence-electron chi connectivity index (χ1n) is 9.52. The van der Waals surface area contributed by atoms with Crippen LogP contribution < -0.4 is 5.32 Å². The maximum absolute atomic E-state index is 13.0. The predicted molar refractivity (Wildman–Crippen MR) is 105 cm³/mol. The molecule has 0 saturated carbocycles. The van der Waals surface area contributed by atoms with Gasteiger partial charge in [0.2, 0.25) is 17.6 Å². The lowest BCUT2D eigenvalue weighted by Gasteiger charge is -2.13. The van der Waals surface area contributed by atoms with Gasteiger partial charge in [0.05, 0.1) is 0 Å². The molecular formula is C22H24FN3O2. The average Bonchev–Trinajstić information content (AvgIpc) is 3.16. The molecule has 1 heterocycles. The summed E-state index contributed by atoms with van der Waals surface area (Å²) >= 11 is 0. The second kappa shape index (κ2) is 9.78. The summed E-state index contributed by atoms with van der Waals surface area (Å²) in [5.41, 5.74) is 1.97. The summed E-state index contributed by atoms with van der Waals surface area (Å²) in [6.45, 7) is 2.02. The molecule has 3 rings (SSSR count). The molecule has 2 aromatic carbocycles. The fraction of sp³-hybridized carbons (Fsp3) is 0.318. The van der Waals surface area contributed by atoms with E-state index in [1.165, 1.54) is 17.7 Å². The number of aromatic nitrogens is 2. The highest BCUT2D eigenvalue weighted by molar-refractivity contribution is 5.76. The van der Waals surface area contributed by atoms with Gasteiger partial charge in [0.25, 0.3) is 0 Å². The third kappa shape index (κ3) is 6.01. The van der Waals surface area contributed by atoms with Crippen molar-refractivity contribution in [2.24, 2.45) is 0 Å². The minimum Gasteiger partial charge on any atom is -0.354 e. The molecule has 0 bridgehead atoms. The Morgan fingerprint density at radius 1 is 1.11 bits per heavy atom. The molecule has 0 aliphatic heterocycles. The number of rotatable bonds is 9. The van der Waals surface area contributed by atoms with E-state index < -0.39 is 0 Å². The number of halogens is 1. The molecule has 1 atom stereocenters. The fourth-order valence-corrected chi connectivity index (χ4v) is 2.92. The van der Waals surface area contributed by atoms with E-state index in [-0.39, 0.29) is 17.8 Å². The third-order valence-electron chi connectivity index (χ3n) is 4.48. The zero-order valence-corrected chi connectivity index (χ0v) is 15.9. The van der Waals surface area contributed by atoms with Crippen LogP contribution in [-0.2, 0) is 17.6 Å². The van der Waals surface area contributed by atoms with Crippen LogP contribution in [0.3, 0.4) is 0 Å². The zero-order chi connectivity index (χ0) is 19.8. The molecule has 0 radical (unpaired) electrons. The summed E-state index contributed by atoms with van der Waals surface area (Å²) in [5, 5.41) is 6.94. The Hall–Kier alpha value is -3.02. The third-order valence-corrected chi connectivity index (χ3v) is 4.48. The highest BCUT2D eigenvalue weighted by Crippen LogP contribution is 2.17. The van der Waals surface area contributed by atoms with Crippen LogP contribution in [0.5, 0.6) is 0 Å². The molecule has 0 saturated heterocycles. The Kier molecular flexibility index (Phi) is 6.89. The van der Waals surface area contributed by atoms with Gasteiger partial charge in [-0.15, -0.1) is 0 Å². The number of nitrogens with one attached hydrogen (secondary N) is 1. The van der Waals surface area contributed by atoms with Crippen molar-refractivity contribution in [3.63, 3.8) is 0 Å². The van der Waals surface area contributed by atoms with Gasteiger partial charge in [-0.05, 0) is 56.0 Å². The van der Waals surface area contributed by atoms with E-state index in [0.717, 1.165) is 12.8 Å². The molecular weight excluding hydrogens is 357 g/mol. The first-order chi connectivity index (χ1) is 13.6. The van der Waals surface area contributed by atoms with Gasteiger partial charge in [0, 0.05) is 24.4 Å². The summed E-state index contributed by atoms with van der Waals surface area (Å²) in [4.78, 5) is 16.4. The van der Waals surface area contributed by atoms with Gasteiger partial charge < -0.3 is 9.84 Å². The van der Waals surface area contributed by atoms with Crippen LogP contribution in [0.4, 0.5) is 4.39 Å². The fourth-order valence-electron chi connectivity index (χ4n) is 2.92. The van der Waals surface area contributed by atoms with Crippen molar-refractivity contribution >= 4 is 5.91 Å². The second-order valence-electron chi connectivity index (χ2n) is 6.87. The SMILES string of the molecule is CC(CCc1ccccc1)NC(=O)CCCc1nc(-c2ccc(F)cc2)no1. The van der Waals surface area contributed by atoms with Crippen molar-refractivity contribution in [1.29, 1.82) is 0 Å². The van der Waals surface area contributed by atoms with Gasteiger partial charge >= 0.3 is 0 Å². The molecule has 3 aromatic rings. The van der Waals surface area contributed by atoms with Crippen LogP contribution in [0.25, 0.3) is 11.4 Å². The van der Waals surface area contributed by atoms with Crippen molar-refractivity contribution in [3.8, 4) is 11.4 Å². The van der Waals surface area contributed by atoms with Crippen LogP contribution in [0, 0.1) is 5.82 Å². The lowest BCUT2D eigenvalue weighted by molar-refractivity contribution is -0.121. The van der Waals surface area contributed by atoms with E-state index >= 15 is 0 Å². The normalized spacial score (nSPS) is 11.9. The summed E-state index contributed by atoms with van der Waals surface area (Å²) < 4.78 is 18.2. The number of aryl methyl sites for hydroxylation is 2. The maximum atomic E-state index is 13.0. The van der Waals surface area contributed by atoms with Crippen LogP contribution in [0.2, 0.25) is 0 Å². The Morgan fingerprint density at radius 3 is 2.61 bits per heavy atom. The summed E-state index contributed by atoms with van der Waals surface area (Å²) in [6.07, 6.45) is 3.41. The number of hydrogen-bond donors (Lipinski definition) is 1. The topological polar surface area (TPSA) is 68.0 Å². The molecule has 0 fully saturated rings. The summed E-state index contributed by atoms with van der Waals surface area (Å²) in [5.74, 6) is 0.619. The number of benzene rings is 2. The Bertz CT molecular complexity index is 878. The summed E-state index contributed by atoms with van der Waals surface area (Å²) in [7, 11) is 0. The van der Waals surface area contributed by atoms with Crippen molar-refractivity contribution in [1.82, 2.24) is 15.5 Å². The van der Waals surface area contributed by atoms with Crippen molar-refractivity contribution in [2.75, 3.05) is 0 Å².